The van der Waals surface area contributed by atoms with E-state index in [0.29, 0.717) is 10.8 Å². The van der Waals surface area contributed by atoms with Crippen LogP contribution in [0, 0.1) is 0 Å². The molecule has 0 aromatic rings. The van der Waals surface area contributed by atoms with Gasteiger partial charge in [-0.15, -0.1) is 0 Å². The summed E-state index contributed by atoms with van der Waals surface area (Å²) in [5.41, 5.74) is 0.170. The molecule has 0 unspecified atom stereocenters. The molecule has 1 aliphatic heterocycles. The Morgan fingerprint density at radius 3 is 2.40 bits per heavy atom. The number of carbonyl (C=O) groups excluding carboxylic acids is 2. The first-order valence-corrected chi connectivity index (χ1v) is 6.33. The highest BCUT2D eigenvalue weighted by Crippen LogP contribution is 2.40. The normalized spacial score (nSPS) is 14.1. The van der Waals surface area contributed by atoms with E-state index in [1.165, 1.54) is 30.4 Å². The van der Waals surface area contributed by atoms with E-state index in [9.17, 15) is 9.59 Å². The predicted octanol–water partition coefficient (Wildman–Crippen LogP) is 2.69. The second kappa shape index (κ2) is 6.02. The zero-order valence-corrected chi connectivity index (χ0v) is 10.2. The summed E-state index contributed by atoms with van der Waals surface area (Å²) in [5, 5.41) is 3.69. The average molecular weight is 244 g/mol. The van der Waals surface area contributed by atoms with Gasteiger partial charge in [0.2, 0.25) is 0 Å². The number of ketones is 1. The number of esters is 1. The van der Waals surface area contributed by atoms with Crippen LogP contribution in [0.4, 0.5) is 0 Å². The summed E-state index contributed by atoms with van der Waals surface area (Å²) in [4.78, 5) is 22.9. The molecule has 0 aliphatic carbocycles. The fraction of sp³-hybridized carbons (Fsp3) is 0.400. The Morgan fingerprint density at radius 2 is 1.93 bits per heavy atom. The van der Waals surface area contributed by atoms with Crippen molar-refractivity contribution in [1.29, 1.82) is 0 Å². The first-order valence-electron chi connectivity index (χ1n) is 4.57. The Labute approximate surface area is 97.3 Å². The standard InChI is InChI=1S/C10H12O3S2/c1-3-4-13-9(12)8(7(2)11)10-14-5-6-15-10/h5-6H,3-4H2,1-2H3. The molecule has 0 N–H and O–H groups in total. The van der Waals surface area contributed by atoms with Gasteiger partial charge in [0.25, 0.3) is 0 Å². The lowest BCUT2D eigenvalue weighted by Crippen LogP contribution is -2.15. The molecule has 0 aromatic heterocycles. The minimum Gasteiger partial charge on any atom is -0.462 e. The van der Waals surface area contributed by atoms with Gasteiger partial charge in [-0.3, -0.25) is 4.79 Å². The third-order valence-electron chi connectivity index (χ3n) is 1.60. The quantitative estimate of drug-likeness (QED) is 0.329. The molecule has 0 amide bonds. The molecule has 0 spiro atoms. The van der Waals surface area contributed by atoms with Crippen molar-refractivity contribution >= 4 is 35.3 Å². The molecular weight excluding hydrogens is 232 g/mol. The first kappa shape index (κ1) is 12.4. The molecule has 0 fully saturated rings. The molecule has 0 atom stereocenters. The molecule has 1 rings (SSSR count). The minimum absolute atomic E-state index is 0.170. The molecule has 1 heterocycles. The van der Waals surface area contributed by atoms with E-state index in [1.807, 2.05) is 17.7 Å². The van der Waals surface area contributed by atoms with E-state index < -0.39 is 5.97 Å². The van der Waals surface area contributed by atoms with Crippen LogP contribution in [0.25, 0.3) is 0 Å². The van der Waals surface area contributed by atoms with Crippen molar-refractivity contribution in [2.24, 2.45) is 0 Å². The molecule has 0 saturated heterocycles. The number of carbonyl (C=O) groups is 2. The number of Topliss-reactive ketones (excluding diaryl/α,β-unsaturated/α-hetero) is 1. The van der Waals surface area contributed by atoms with Gasteiger partial charge in [-0.2, -0.15) is 0 Å². The third kappa shape index (κ3) is 3.43. The van der Waals surface area contributed by atoms with Crippen LogP contribution >= 0.6 is 23.5 Å². The van der Waals surface area contributed by atoms with Crippen molar-refractivity contribution in [3.63, 3.8) is 0 Å². The Kier molecular flexibility index (Phi) is 4.98. The van der Waals surface area contributed by atoms with E-state index in [1.54, 1.807) is 0 Å². The average Bonchev–Trinajstić information content (AvgIpc) is 2.67. The van der Waals surface area contributed by atoms with E-state index in [0.717, 1.165) is 6.42 Å². The summed E-state index contributed by atoms with van der Waals surface area (Å²) in [6.45, 7) is 3.65. The molecule has 15 heavy (non-hydrogen) atoms. The highest BCUT2D eigenvalue weighted by molar-refractivity contribution is 8.27. The summed E-state index contributed by atoms with van der Waals surface area (Å²) in [5.74, 6) is -0.752. The van der Waals surface area contributed by atoms with Crippen molar-refractivity contribution in [3.05, 3.63) is 20.6 Å². The SMILES string of the molecule is CCCOC(=O)C(C(C)=O)=C1SC=CS1. The van der Waals surface area contributed by atoms with Crippen LogP contribution in [-0.2, 0) is 14.3 Å². The topological polar surface area (TPSA) is 43.4 Å². The molecular formula is C10H12O3S2. The Balaban J connectivity index is 2.79. The second-order valence-corrected chi connectivity index (χ2v) is 4.95. The van der Waals surface area contributed by atoms with Crippen LogP contribution < -0.4 is 0 Å². The molecule has 5 heteroatoms. The van der Waals surface area contributed by atoms with Gasteiger partial charge in [0.15, 0.2) is 5.78 Å². The third-order valence-corrected chi connectivity index (χ3v) is 3.73. The second-order valence-electron chi connectivity index (χ2n) is 2.86. The van der Waals surface area contributed by atoms with E-state index in [2.05, 4.69) is 0 Å². The molecule has 0 aromatic carbocycles. The van der Waals surface area contributed by atoms with Gasteiger partial charge >= 0.3 is 5.97 Å². The van der Waals surface area contributed by atoms with Gasteiger partial charge in [0.1, 0.15) is 5.57 Å². The van der Waals surface area contributed by atoms with Crippen molar-refractivity contribution in [2.75, 3.05) is 6.61 Å². The van der Waals surface area contributed by atoms with Crippen LogP contribution in [0.15, 0.2) is 20.6 Å². The van der Waals surface area contributed by atoms with E-state index in [-0.39, 0.29) is 11.4 Å². The minimum atomic E-state index is -0.511. The first-order chi connectivity index (χ1) is 7.16. The predicted molar refractivity (Wildman–Crippen MR) is 63.3 cm³/mol. The van der Waals surface area contributed by atoms with Crippen LogP contribution in [0.3, 0.4) is 0 Å². The molecule has 3 nitrogen and oxygen atoms in total. The number of hydrogen-bond donors (Lipinski definition) is 0. The Morgan fingerprint density at radius 1 is 1.33 bits per heavy atom. The molecule has 0 saturated carbocycles. The van der Waals surface area contributed by atoms with Crippen molar-refractivity contribution in [3.8, 4) is 0 Å². The van der Waals surface area contributed by atoms with E-state index in [4.69, 9.17) is 4.74 Å². The van der Waals surface area contributed by atoms with Gasteiger partial charge in [-0.25, -0.2) is 4.79 Å². The number of rotatable bonds is 4. The number of hydrogen-bond acceptors (Lipinski definition) is 5. The maximum atomic E-state index is 11.6. The molecule has 0 radical (unpaired) electrons. The lowest BCUT2D eigenvalue weighted by molar-refractivity contribution is -0.140. The largest absolute Gasteiger partial charge is 0.462 e. The van der Waals surface area contributed by atoms with Crippen molar-refractivity contribution in [2.45, 2.75) is 20.3 Å². The summed E-state index contributed by atoms with van der Waals surface area (Å²) >= 11 is 2.76. The lowest BCUT2D eigenvalue weighted by atomic mass is 10.2. The zero-order chi connectivity index (χ0) is 11.3. The van der Waals surface area contributed by atoms with Crippen LogP contribution in [-0.4, -0.2) is 18.4 Å². The fourth-order valence-electron chi connectivity index (χ4n) is 0.963. The summed E-state index contributed by atoms with van der Waals surface area (Å²) in [6.07, 6.45) is 0.755. The Hall–Kier alpha value is -0.680. The molecule has 1 aliphatic rings. The zero-order valence-electron chi connectivity index (χ0n) is 8.61. The Bertz CT molecular complexity index is 322. The molecule has 82 valence electrons. The van der Waals surface area contributed by atoms with Crippen LogP contribution in [0.5, 0.6) is 0 Å². The van der Waals surface area contributed by atoms with Gasteiger partial charge in [-0.1, -0.05) is 30.4 Å². The van der Waals surface area contributed by atoms with Crippen LogP contribution in [0.2, 0.25) is 0 Å². The van der Waals surface area contributed by atoms with Crippen molar-refractivity contribution < 1.29 is 14.3 Å². The monoisotopic (exact) mass is 244 g/mol. The van der Waals surface area contributed by atoms with Gasteiger partial charge in [0, 0.05) is 0 Å². The highest BCUT2D eigenvalue weighted by atomic mass is 32.2. The summed E-state index contributed by atoms with van der Waals surface area (Å²) < 4.78 is 5.67. The van der Waals surface area contributed by atoms with Crippen molar-refractivity contribution in [1.82, 2.24) is 0 Å². The summed E-state index contributed by atoms with van der Waals surface area (Å²) in [6, 6.07) is 0. The number of ether oxygens (including phenoxy) is 1. The fourth-order valence-corrected chi connectivity index (χ4v) is 2.90. The van der Waals surface area contributed by atoms with Gasteiger partial charge in [-0.05, 0) is 24.2 Å². The van der Waals surface area contributed by atoms with Gasteiger partial charge in [0.05, 0.1) is 10.8 Å². The maximum absolute atomic E-state index is 11.6. The summed E-state index contributed by atoms with van der Waals surface area (Å²) in [7, 11) is 0. The highest BCUT2D eigenvalue weighted by Gasteiger charge is 2.22. The lowest BCUT2D eigenvalue weighted by Gasteiger charge is -2.06. The number of thioether (sulfide) groups is 2. The molecule has 0 bridgehead atoms. The maximum Gasteiger partial charge on any atom is 0.343 e. The van der Waals surface area contributed by atoms with Gasteiger partial charge < -0.3 is 4.74 Å². The van der Waals surface area contributed by atoms with E-state index >= 15 is 0 Å². The van der Waals surface area contributed by atoms with Crippen LogP contribution in [0.1, 0.15) is 20.3 Å². The smallest absolute Gasteiger partial charge is 0.343 e.